The van der Waals surface area contributed by atoms with Gasteiger partial charge in [-0.15, -0.1) is 0 Å². The normalized spacial score (nSPS) is 11.2. The predicted octanol–water partition coefficient (Wildman–Crippen LogP) is 0.485. The van der Waals surface area contributed by atoms with Crippen LogP contribution in [-0.2, 0) is 4.57 Å². The van der Waals surface area contributed by atoms with Gasteiger partial charge in [0.25, 0.3) is 5.56 Å². The first kappa shape index (κ1) is 20.4. The second-order valence-electron chi connectivity index (χ2n) is 4.80. The van der Waals surface area contributed by atoms with E-state index in [9.17, 15) is 9.36 Å². The fourth-order valence-electron chi connectivity index (χ4n) is 2.13. The molecule has 0 aliphatic rings. The molecule has 3 N–H and O–H groups in total. The Morgan fingerprint density at radius 2 is 1.76 bits per heavy atom. The topological polar surface area (TPSA) is 113 Å². The Labute approximate surface area is 175 Å². The van der Waals surface area contributed by atoms with E-state index in [0.29, 0.717) is 10.5 Å². The van der Waals surface area contributed by atoms with Crippen molar-refractivity contribution in [1.29, 1.82) is 0 Å². The van der Waals surface area contributed by atoms with Gasteiger partial charge in [-0.05, 0) is 36.4 Å². The molecule has 3 rings (SSSR count). The summed E-state index contributed by atoms with van der Waals surface area (Å²) in [5.41, 5.74) is 0.0413. The molecule has 0 aliphatic heterocycles. The molecule has 2 aromatic carbocycles. The molecule has 126 valence electrons. The second kappa shape index (κ2) is 7.78. The molecule has 1 aromatic heterocycles. The van der Waals surface area contributed by atoms with Gasteiger partial charge in [0.2, 0.25) is 0 Å². The zero-order valence-electron chi connectivity index (χ0n) is 13.7. The summed E-state index contributed by atoms with van der Waals surface area (Å²) in [5.74, 6) is -0.107. The van der Waals surface area contributed by atoms with Crippen molar-refractivity contribution in [3.63, 3.8) is 0 Å². The molecule has 0 fully saturated rings. The van der Waals surface area contributed by atoms with Gasteiger partial charge in [0.15, 0.2) is 0 Å². The number of H-pyrrole nitrogens is 1. The van der Waals surface area contributed by atoms with Gasteiger partial charge < -0.3 is 10.9 Å². The molecule has 0 amide bonds. The van der Waals surface area contributed by atoms with Crippen LogP contribution in [0, 0.1) is 0 Å². The first-order chi connectivity index (χ1) is 11.2. The van der Waals surface area contributed by atoms with E-state index in [1.165, 1.54) is 24.3 Å². The number of fused-ring (bicyclic) bond motifs is 1. The molecule has 1 heterocycles. The Balaban J connectivity index is 0.00000169. The van der Waals surface area contributed by atoms with Crippen LogP contribution in [-0.4, -0.2) is 19.8 Å². The average molecular weight is 411 g/mol. The molecule has 0 saturated carbocycles. The number of nitrogens with one attached hydrogen (secondary N) is 1. The van der Waals surface area contributed by atoms with Gasteiger partial charge in [0, 0.05) is 10.0 Å². The number of phosphoric ester groups is 1. The molecular formula is C14H10Cl2N2NaO5P. The average Bonchev–Trinajstić information content (AvgIpc) is 2.48. The summed E-state index contributed by atoms with van der Waals surface area (Å²) < 4.78 is 15.8. The molecule has 25 heavy (non-hydrogen) atoms. The summed E-state index contributed by atoms with van der Waals surface area (Å²) in [6.07, 6.45) is 0. The van der Waals surface area contributed by atoms with Gasteiger partial charge in [-0.1, -0.05) is 23.2 Å². The first-order valence-corrected chi connectivity index (χ1v) is 8.76. The fraction of sp³-hybridized carbons (Fsp3) is 0. The van der Waals surface area contributed by atoms with E-state index in [4.69, 9.17) is 33.0 Å². The SMILES string of the molecule is O=c1[nH]c(-c2cc(Cl)ccc2OP(=O)(O)O)nc2ccc(Cl)cc12.[H-].[Na+]. The number of hydrogen-bond donors (Lipinski definition) is 3. The summed E-state index contributed by atoms with van der Waals surface area (Å²) in [6.45, 7) is 0. The molecule has 11 heteroatoms. The first-order valence-electron chi connectivity index (χ1n) is 6.47. The predicted molar refractivity (Wildman–Crippen MR) is 91.6 cm³/mol. The van der Waals surface area contributed by atoms with E-state index >= 15 is 0 Å². The van der Waals surface area contributed by atoms with Crippen LogP contribution in [0.3, 0.4) is 0 Å². The number of hydrogen-bond acceptors (Lipinski definition) is 4. The summed E-state index contributed by atoms with van der Waals surface area (Å²) >= 11 is 11.8. The van der Waals surface area contributed by atoms with Crippen LogP contribution in [0.25, 0.3) is 22.3 Å². The van der Waals surface area contributed by atoms with Crippen molar-refractivity contribution in [2.24, 2.45) is 0 Å². The van der Waals surface area contributed by atoms with E-state index < -0.39 is 13.4 Å². The maximum Gasteiger partial charge on any atom is 1.00 e. The van der Waals surface area contributed by atoms with Crippen LogP contribution in [0.5, 0.6) is 5.75 Å². The smallest absolute Gasteiger partial charge is 1.00 e. The Kier molecular flexibility index (Phi) is 6.35. The van der Waals surface area contributed by atoms with E-state index in [-0.39, 0.29) is 58.5 Å². The Morgan fingerprint density at radius 3 is 2.44 bits per heavy atom. The molecule has 0 saturated heterocycles. The number of phosphoric acid groups is 1. The largest absolute Gasteiger partial charge is 1.00 e. The van der Waals surface area contributed by atoms with Gasteiger partial charge in [0.1, 0.15) is 11.6 Å². The second-order valence-corrected chi connectivity index (χ2v) is 6.83. The van der Waals surface area contributed by atoms with E-state index in [1.54, 1.807) is 12.1 Å². The number of rotatable bonds is 3. The number of aromatic amines is 1. The maximum atomic E-state index is 12.2. The van der Waals surface area contributed by atoms with Gasteiger partial charge in [-0.3, -0.25) is 14.6 Å². The third kappa shape index (κ3) is 4.84. The molecule has 0 aliphatic carbocycles. The standard InChI is InChI=1S/C14H9Cl2N2O5P.Na.H/c15-7-1-3-11-9(5-7)14(19)18-13(17-11)10-6-8(16)2-4-12(10)23-24(20,21)22;;/h1-6H,(H,17,18,19)(H2,20,21,22);;/q;+1;-1. The number of benzene rings is 2. The van der Waals surface area contributed by atoms with Crippen molar-refractivity contribution in [2.75, 3.05) is 0 Å². The zero-order chi connectivity index (χ0) is 17.5. The van der Waals surface area contributed by atoms with Crippen molar-refractivity contribution in [1.82, 2.24) is 9.97 Å². The van der Waals surface area contributed by atoms with Crippen molar-refractivity contribution in [3.05, 3.63) is 56.8 Å². The van der Waals surface area contributed by atoms with Crippen LogP contribution < -0.4 is 39.6 Å². The monoisotopic (exact) mass is 410 g/mol. The van der Waals surface area contributed by atoms with Gasteiger partial charge in [-0.25, -0.2) is 9.55 Å². The molecule has 0 atom stereocenters. The van der Waals surface area contributed by atoms with Crippen molar-refractivity contribution < 1.29 is 49.9 Å². The van der Waals surface area contributed by atoms with Crippen LogP contribution in [0.1, 0.15) is 1.43 Å². The van der Waals surface area contributed by atoms with E-state index in [0.717, 1.165) is 0 Å². The van der Waals surface area contributed by atoms with Gasteiger partial charge >= 0.3 is 37.4 Å². The van der Waals surface area contributed by atoms with Gasteiger partial charge in [-0.2, -0.15) is 0 Å². The Morgan fingerprint density at radius 1 is 1.12 bits per heavy atom. The third-order valence-corrected chi connectivity index (χ3v) is 3.99. The minimum absolute atomic E-state index is 0. The summed E-state index contributed by atoms with van der Waals surface area (Å²) in [7, 11) is -4.80. The minimum atomic E-state index is -4.80. The molecular weight excluding hydrogens is 401 g/mol. The molecule has 0 spiro atoms. The van der Waals surface area contributed by atoms with Crippen LogP contribution >= 0.6 is 31.0 Å². The molecule has 0 unspecified atom stereocenters. The molecule has 7 nitrogen and oxygen atoms in total. The minimum Gasteiger partial charge on any atom is -1.00 e. The summed E-state index contributed by atoms with van der Waals surface area (Å²) in [4.78, 5) is 37.1. The van der Waals surface area contributed by atoms with E-state index in [1.807, 2.05) is 0 Å². The van der Waals surface area contributed by atoms with Crippen molar-refractivity contribution in [2.45, 2.75) is 0 Å². The quantitative estimate of drug-likeness (QED) is 0.427. The van der Waals surface area contributed by atoms with Crippen molar-refractivity contribution >= 4 is 41.9 Å². The Bertz CT molecular complexity index is 1060. The third-order valence-electron chi connectivity index (χ3n) is 3.08. The molecule has 3 aromatic rings. The van der Waals surface area contributed by atoms with Crippen LogP contribution in [0.15, 0.2) is 41.2 Å². The van der Waals surface area contributed by atoms with Crippen LogP contribution in [0.4, 0.5) is 0 Å². The number of nitrogens with zero attached hydrogens (tertiary/aromatic N) is 1. The summed E-state index contributed by atoms with van der Waals surface area (Å²) in [6, 6.07) is 8.66. The zero-order valence-corrected chi connectivity index (χ0v) is 17.1. The number of halogens is 2. The van der Waals surface area contributed by atoms with Crippen molar-refractivity contribution in [3.8, 4) is 17.1 Å². The van der Waals surface area contributed by atoms with Crippen LogP contribution in [0.2, 0.25) is 10.0 Å². The van der Waals surface area contributed by atoms with Gasteiger partial charge in [0.05, 0.1) is 16.5 Å². The maximum absolute atomic E-state index is 12.2. The van der Waals surface area contributed by atoms with E-state index in [2.05, 4.69) is 14.5 Å². The Hall–Kier alpha value is -0.890. The fourth-order valence-corrected chi connectivity index (χ4v) is 2.89. The number of aromatic nitrogens is 2. The summed E-state index contributed by atoms with van der Waals surface area (Å²) in [5, 5.41) is 0.948. The molecule has 0 radical (unpaired) electrons. The molecule has 0 bridgehead atoms.